The van der Waals surface area contributed by atoms with Crippen LogP contribution in [0.15, 0.2) is 30.5 Å². The maximum atomic E-state index is 12.6. The Kier molecular flexibility index (Phi) is 3.78. The van der Waals surface area contributed by atoms with Gasteiger partial charge in [-0.05, 0) is 31.4 Å². The van der Waals surface area contributed by atoms with Crippen LogP contribution in [0.2, 0.25) is 0 Å². The molecule has 1 atom stereocenters. The molecule has 4 rings (SSSR count). The first-order chi connectivity index (χ1) is 11.8. The van der Waals surface area contributed by atoms with E-state index in [-0.39, 0.29) is 18.6 Å². The van der Waals surface area contributed by atoms with Gasteiger partial charge in [0.2, 0.25) is 0 Å². The molecule has 2 heterocycles. The lowest BCUT2D eigenvalue weighted by Crippen LogP contribution is -2.31. The van der Waals surface area contributed by atoms with Crippen LogP contribution in [0.3, 0.4) is 0 Å². The van der Waals surface area contributed by atoms with Gasteiger partial charge in [0.05, 0.1) is 36.4 Å². The van der Waals surface area contributed by atoms with Crippen LogP contribution >= 0.6 is 0 Å². The van der Waals surface area contributed by atoms with Gasteiger partial charge in [-0.25, -0.2) is 4.98 Å². The molecule has 0 spiro atoms. The van der Waals surface area contributed by atoms with E-state index in [1.807, 2.05) is 28.9 Å². The molecule has 0 fully saturated rings. The minimum atomic E-state index is -0.209. The molecule has 124 valence electrons. The lowest BCUT2D eigenvalue weighted by molar-refractivity contribution is 0.0923. The molecule has 2 aromatic heterocycles. The quantitative estimate of drug-likeness (QED) is 0.678. The molecular formula is C17H19N5O2. The number of aromatic amines is 1. The first kappa shape index (κ1) is 14.9. The molecule has 0 aliphatic heterocycles. The fourth-order valence-corrected chi connectivity index (χ4v) is 3.34. The van der Waals surface area contributed by atoms with Crippen molar-refractivity contribution >= 4 is 16.9 Å². The first-order valence-electron chi connectivity index (χ1n) is 8.17. The topological polar surface area (TPSA) is 95.8 Å². The summed E-state index contributed by atoms with van der Waals surface area (Å²) in [6.45, 7) is 0.545. The number of nitrogens with one attached hydrogen (secondary N) is 2. The number of carbonyl (C=O) groups excluding carboxylic acids is 1. The molecule has 7 heteroatoms. The summed E-state index contributed by atoms with van der Waals surface area (Å²) in [6, 6.07) is 7.51. The van der Waals surface area contributed by atoms with Crippen LogP contribution in [0.1, 0.15) is 40.8 Å². The molecule has 7 nitrogen and oxygen atoms in total. The highest BCUT2D eigenvalue weighted by atomic mass is 16.3. The number of para-hydroxylation sites is 2. The monoisotopic (exact) mass is 325 g/mol. The average Bonchev–Trinajstić information content (AvgIpc) is 3.20. The lowest BCUT2D eigenvalue weighted by atomic mass is 9.93. The highest BCUT2D eigenvalue weighted by Crippen LogP contribution is 2.29. The number of amides is 1. The molecule has 1 aromatic carbocycles. The molecule has 0 bridgehead atoms. The number of H-pyrrole nitrogens is 1. The zero-order valence-electron chi connectivity index (χ0n) is 13.2. The zero-order valence-corrected chi connectivity index (χ0v) is 13.2. The van der Waals surface area contributed by atoms with E-state index in [1.165, 1.54) is 0 Å². The van der Waals surface area contributed by atoms with Gasteiger partial charge in [-0.2, -0.15) is 5.10 Å². The van der Waals surface area contributed by atoms with Gasteiger partial charge in [0.25, 0.3) is 5.91 Å². The fraction of sp³-hybridized carbons (Fsp3) is 0.353. The maximum absolute atomic E-state index is 12.6. The Labute approximate surface area is 138 Å². The Morgan fingerprint density at radius 1 is 1.42 bits per heavy atom. The average molecular weight is 325 g/mol. The van der Waals surface area contributed by atoms with Crippen molar-refractivity contribution in [3.63, 3.8) is 0 Å². The smallest absolute Gasteiger partial charge is 0.287 e. The van der Waals surface area contributed by atoms with E-state index in [1.54, 1.807) is 6.20 Å². The van der Waals surface area contributed by atoms with E-state index < -0.39 is 0 Å². The molecule has 1 aliphatic carbocycles. The van der Waals surface area contributed by atoms with Crippen LogP contribution in [0, 0.1) is 0 Å². The number of hydrogen-bond acceptors (Lipinski definition) is 4. The van der Waals surface area contributed by atoms with Crippen molar-refractivity contribution in [3.8, 4) is 0 Å². The van der Waals surface area contributed by atoms with E-state index in [0.29, 0.717) is 12.4 Å². The molecular weight excluding hydrogens is 306 g/mol. The Balaban J connectivity index is 1.56. The Morgan fingerprint density at radius 3 is 3.12 bits per heavy atom. The second-order valence-corrected chi connectivity index (χ2v) is 6.01. The summed E-state index contributed by atoms with van der Waals surface area (Å²) < 4.78 is 1.83. The van der Waals surface area contributed by atoms with Crippen LogP contribution in [0.4, 0.5) is 0 Å². The summed E-state index contributed by atoms with van der Waals surface area (Å²) in [5, 5.41) is 16.5. The molecule has 0 radical (unpaired) electrons. The highest BCUT2D eigenvalue weighted by Gasteiger charge is 2.26. The highest BCUT2D eigenvalue weighted by molar-refractivity contribution is 5.94. The molecule has 3 aromatic rings. The Morgan fingerprint density at radius 2 is 2.29 bits per heavy atom. The van der Waals surface area contributed by atoms with Gasteiger partial charge in [0.15, 0.2) is 5.82 Å². The summed E-state index contributed by atoms with van der Waals surface area (Å²) in [7, 11) is 0. The van der Waals surface area contributed by atoms with Gasteiger partial charge in [-0.15, -0.1) is 0 Å². The largest absolute Gasteiger partial charge is 0.394 e. The predicted octanol–water partition coefficient (Wildman–Crippen LogP) is 1.56. The van der Waals surface area contributed by atoms with Crippen molar-refractivity contribution in [2.24, 2.45) is 0 Å². The number of aliphatic hydroxyl groups excluding tert-OH is 1. The number of benzene rings is 1. The van der Waals surface area contributed by atoms with E-state index in [2.05, 4.69) is 20.4 Å². The lowest BCUT2D eigenvalue weighted by Gasteiger charge is -2.23. The van der Waals surface area contributed by atoms with Crippen molar-refractivity contribution in [1.82, 2.24) is 25.1 Å². The normalized spacial score (nSPS) is 17.0. The number of carbonyl (C=O) groups is 1. The van der Waals surface area contributed by atoms with E-state index in [0.717, 1.165) is 41.6 Å². The van der Waals surface area contributed by atoms with Crippen molar-refractivity contribution in [2.75, 3.05) is 6.61 Å². The summed E-state index contributed by atoms with van der Waals surface area (Å²) in [5.41, 5.74) is 3.77. The van der Waals surface area contributed by atoms with Crippen LogP contribution in [0.5, 0.6) is 0 Å². The third-order valence-corrected chi connectivity index (χ3v) is 4.48. The second kappa shape index (κ2) is 6.09. The van der Waals surface area contributed by atoms with Gasteiger partial charge in [-0.3, -0.25) is 9.48 Å². The standard InChI is InChI=1S/C17H19N5O2/c23-9-8-22-15-7-3-6-12(11(15)10-18-22)21-17(24)16-19-13-4-1-2-5-14(13)20-16/h1-2,4-5,10,12,23H,3,6-9H2,(H,19,20)(H,21,24)/t12-/m0/s1. The third kappa shape index (κ3) is 2.56. The molecule has 0 saturated carbocycles. The molecule has 0 saturated heterocycles. The molecule has 24 heavy (non-hydrogen) atoms. The van der Waals surface area contributed by atoms with Crippen LogP contribution in [0.25, 0.3) is 11.0 Å². The number of nitrogens with zero attached hydrogens (tertiary/aromatic N) is 3. The van der Waals surface area contributed by atoms with Gasteiger partial charge >= 0.3 is 0 Å². The van der Waals surface area contributed by atoms with Crippen LogP contribution in [-0.2, 0) is 13.0 Å². The summed E-state index contributed by atoms with van der Waals surface area (Å²) in [5.74, 6) is 0.116. The number of aliphatic hydroxyl groups is 1. The summed E-state index contributed by atoms with van der Waals surface area (Å²) in [4.78, 5) is 20.0. The van der Waals surface area contributed by atoms with Crippen molar-refractivity contribution < 1.29 is 9.90 Å². The van der Waals surface area contributed by atoms with Gasteiger partial charge in [0, 0.05) is 11.3 Å². The summed E-state index contributed by atoms with van der Waals surface area (Å²) >= 11 is 0. The van der Waals surface area contributed by atoms with Gasteiger partial charge in [0.1, 0.15) is 0 Å². The van der Waals surface area contributed by atoms with Crippen molar-refractivity contribution in [2.45, 2.75) is 31.8 Å². The number of fused-ring (bicyclic) bond motifs is 2. The molecule has 1 amide bonds. The van der Waals surface area contributed by atoms with E-state index in [4.69, 9.17) is 5.11 Å². The SMILES string of the molecule is O=C(N[C@H]1CCCc2c1cnn2CCO)c1nc2ccccc2[nH]1. The summed E-state index contributed by atoms with van der Waals surface area (Å²) in [6.07, 6.45) is 4.58. The van der Waals surface area contributed by atoms with Gasteiger partial charge in [-0.1, -0.05) is 12.1 Å². The van der Waals surface area contributed by atoms with E-state index >= 15 is 0 Å². The van der Waals surface area contributed by atoms with Crippen LogP contribution < -0.4 is 5.32 Å². The number of hydrogen-bond donors (Lipinski definition) is 3. The zero-order chi connectivity index (χ0) is 16.5. The third-order valence-electron chi connectivity index (χ3n) is 4.48. The minimum Gasteiger partial charge on any atom is -0.394 e. The van der Waals surface area contributed by atoms with Crippen molar-refractivity contribution in [1.29, 1.82) is 0 Å². The Hall–Kier alpha value is -2.67. The number of imidazole rings is 1. The van der Waals surface area contributed by atoms with Crippen molar-refractivity contribution in [3.05, 3.63) is 47.5 Å². The van der Waals surface area contributed by atoms with Gasteiger partial charge < -0.3 is 15.4 Å². The molecule has 3 N–H and O–H groups in total. The minimum absolute atomic E-state index is 0.0597. The molecule has 0 unspecified atom stereocenters. The van der Waals surface area contributed by atoms with Crippen LogP contribution in [-0.4, -0.2) is 37.4 Å². The fourth-order valence-electron chi connectivity index (χ4n) is 3.34. The predicted molar refractivity (Wildman–Crippen MR) is 88.6 cm³/mol. The molecule has 1 aliphatic rings. The first-order valence-corrected chi connectivity index (χ1v) is 8.17. The number of aromatic nitrogens is 4. The maximum Gasteiger partial charge on any atom is 0.287 e. The Bertz CT molecular complexity index is 849. The van der Waals surface area contributed by atoms with E-state index in [9.17, 15) is 4.79 Å². The second-order valence-electron chi connectivity index (χ2n) is 6.01. The number of rotatable bonds is 4.